The van der Waals surface area contributed by atoms with Crippen molar-refractivity contribution in [1.29, 1.82) is 0 Å². The summed E-state index contributed by atoms with van der Waals surface area (Å²) in [6.07, 6.45) is -3.31. The summed E-state index contributed by atoms with van der Waals surface area (Å²) in [4.78, 5) is 7.73. The van der Waals surface area contributed by atoms with Crippen LogP contribution < -0.4 is 0 Å². The smallest absolute Gasteiger partial charge is 0.418 e. The van der Waals surface area contributed by atoms with Crippen molar-refractivity contribution < 1.29 is 18.3 Å². The number of H-pyrrole nitrogens is 1. The third kappa shape index (κ3) is 2.50. The van der Waals surface area contributed by atoms with Crippen LogP contribution in [-0.4, -0.2) is 25.3 Å². The van der Waals surface area contributed by atoms with E-state index in [0.29, 0.717) is 5.56 Å². The van der Waals surface area contributed by atoms with Gasteiger partial charge >= 0.3 is 6.18 Å². The van der Waals surface area contributed by atoms with Crippen molar-refractivity contribution >= 4 is 0 Å². The topological polar surface area (TPSA) is 74.7 Å². The maximum absolute atomic E-state index is 13.0. The molecule has 0 saturated heterocycles. The van der Waals surface area contributed by atoms with Gasteiger partial charge in [0.25, 0.3) is 0 Å². The Morgan fingerprint density at radius 1 is 1.05 bits per heavy atom. The number of aromatic amines is 1. The molecule has 3 aromatic rings. The summed E-state index contributed by atoms with van der Waals surface area (Å²) in [5, 5.41) is 16.0. The summed E-state index contributed by atoms with van der Waals surface area (Å²) in [5.74, 6) is -0.0943. The van der Waals surface area contributed by atoms with E-state index in [-0.39, 0.29) is 23.1 Å². The predicted molar refractivity (Wildman–Crippen MR) is 71.7 cm³/mol. The minimum absolute atomic E-state index is 0.0647. The number of para-hydroxylation sites is 1. The van der Waals surface area contributed by atoms with Gasteiger partial charge in [-0.1, -0.05) is 12.1 Å². The average Bonchev–Trinajstić information content (AvgIpc) is 2.96. The normalized spacial score (nSPS) is 11.6. The molecular weight excluding hydrogens is 297 g/mol. The van der Waals surface area contributed by atoms with E-state index >= 15 is 0 Å². The van der Waals surface area contributed by atoms with E-state index in [2.05, 4.69) is 20.2 Å². The Kier molecular flexibility index (Phi) is 3.28. The standard InChI is InChI=1S/C14H9F3N4O/c15-14(16,17)9-5-3-7-18-11(9)13-19-12(20-21-13)8-4-1-2-6-10(8)22/h1-7,22H,(H,19,20,21). The molecule has 0 radical (unpaired) electrons. The minimum atomic E-state index is -4.55. The van der Waals surface area contributed by atoms with Gasteiger partial charge in [-0.15, -0.1) is 0 Å². The number of halogens is 3. The molecule has 112 valence electrons. The number of hydrogen-bond donors (Lipinski definition) is 2. The van der Waals surface area contributed by atoms with Crippen molar-refractivity contribution in [3.63, 3.8) is 0 Å². The van der Waals surface area contributed by atoms with Crippen LogP contribution in [0.15, 0.2) is 42.6 Å². The highest BCUT2D eigenvalue weighted by Gasteiger charge is 2.35. The molecule has 0 bridgehead atoms. The maximum Gasteiger partial charge on any atom is 0.418 e. The zero-order valence-corrected chi connectivity index (χ0v) is 11.0. The maximum atomic E-state index is 13.0. The van der Waals surface area contributed by atoms with Crippen molar-refractivity contribution in [2.75, 3.05) is 0 Å². The molecule has 0 aliphatic carbocycles. The van der Waals surface area contributed by atoms with Crippen LogP contribution in [0.1, 0.15) is 5.56 Å². The van der Waals surface area contributed by atoms with Gasteiger partial charge < -0.3 is 5.11 Å². The molecule has 0 atom stereocenters. The summed E-state index contributed by atoms with van der Waals surface area (Å²) < 4.78 is 39.0. The first kappa shape index (κ1) is 14.1. The number of phenols is 1. The van der Waals surface area contributed by atoms with Gasteiger partial charge in [-0.25, -0.2) is 4.98 Å². The summed E-state index contributed by atoms with van der Waals surface area (Å²) in [7, 11) is 0. The summed E-state index contributed by atoms with van der Waals surface area (Å²) in [6, 6.07) is 8.40. The Morgan fingerprint density at radius 2 is 1.82 bits per heavy atom. The Labute approximate surface area is 122 Å². The Bertz CT molecular complexity index is 814. The fourth-order valence-electron chi connectivity index (χ4n) is 1.97. The number of pyridine rings is 1. The molecule has 1 aromatic carbocycles. The van der Waals surface area contributed by atoms with Crippen molar-refractivity contribution in [1.82, 2.24) is 20.2 Å². The van der Waals surface area contributed by atoms with Crippen LogP contribution in [0.2, 0.25) is 0 Å². The van der Waals surface area contributed by atoms with Gasteiger partial charge in [0.05, 0.1) is 11.1 Å². The molecule has 8 heteroatoms. The fraction of sp³-hybridized carbons (Fsp3) is 0.0714. The molecule has 0 unspecified atom stereocenters. The van der Waals surface area contributed by atoms with Crippen molar-refractivity contribution in [2.45, 2.75) is 6.18 Å². The molecule has 0 fully saturated rings. The number of aromatic hydroxyl groups is 1. The van der Waals surface area contributed by atoms with Crippen LogP contribution in [0.3, 0.4) is 0 Å². The van der Waals surface area contributed by atoms with Gasteiger partial charge in [-0.05, 0) is 24.3 Å². The van der Waals surface area contributed by atoms with Crippen LogP contribution in [-0.2, 0) is 6.18 Å². The van der Waals surface area contributed by atoms with Crippen LogP contribution in [0.4, 0.5) is 13.2 Å². The summed E-state index contributed by atoms with van der Waals surface area (Å²) in [5.41, 5.74) is -0.936. The highest BCUT2D eigenvalue weighted by Crippen LogP contribution is 2.35. The molecule has 2 heterocycles. The van der Waals surface area contributed by atoms with Crippen molar-refractivity contribution in [3.05, 3.63) is 48.2 Å². The van der Waals surface area contributed by atoms with Crippen LogP contribution >= 0.6 is 0 Å². The first-order valence-corrected chi connectivity index (χ1v) is 6.20. The van der Waals surface area contributed by atoms with E-state index in [0.717, 1.165) is 6.07 Å². The highest BCUT2D eigenvalue weighted by atomic mass is 19.4. The number of hydrogen-bond acceptors (Lipinski definition) is 4. The summed E-state index contributed by atoms with van der Waals surface area (Å²) in [6.45, 7) is 0. The first-order valence-electron chi connectivity index (χ1n) is 6.20. The molecule has 3 rings (SSSR count). The lowest BCUT2D eigenvalue weighted by Gasteiger charge is -2.09. The molecule has 22 heavy (non-hydrogen) atoms. The Morgan fingerprint density at radius 3 is 2.55 bits per heavy atom. The molecule has 0 saturated carbocycles. The quantitative estimate of drug-likeness (QED) is 0.762. The molecule has 0 aliphatic rings. The average molecular weight is 306 g/mol. The first-order chi connectivity index (χ1) is 10.5. The monoisotopic (exact) mass is 306 g/mol. The zero-order chi connectivity index (χ0) is 15.7. The van der Waals surface area contributed by atoms with Gasteiger partial charge in [0, 0.05) is 6.20 Å². The van der Waals surface area contributed by atoms with Crippen LogP contribution in [0.5, 0.6) is 5.75 Å². The molecule has 0 amide bonds. The second-order valence-electron chi connectivity index (χ2n) is 4.42. The predicted octanol–water partition coefficient (Wildman–Crippen LogP) is 3.26. The van der Waals surface area contributed by atoms with Gasteiger partial charge in [0.1, 0.15) is 11.4 Å². The van der Waals surface area contributed by atoms with E-state index in [4.69, 9.17) is 0 Å². The second-order valence-corrected chi connectivity index (χ2v) is 4.42. The zero-order valence-electron chi connectivity index (χ0n) is 11.0. The van der Waals surface area contributed by atoms with Crippen molar-refractivity contribution in [3.8, 4) is 28.7 Å². The van der Waals surface area contributed by atoms with Gasteiger partial charge in [-0.2, -0.15) is 18.3 Å². The van der Waals surface area contributed by atoms with E-state index in [1.165, 1.54) is 18.3 Å². The van der Waals surface area contributed by atoms with E-state index < -0.39 is 11.7 Å². The number of benzene rings is 1. The SMILES string of the molecule is Oc1ccccc1-c1n[nH]c(-c2ncccc2C(F)(F)F)n1. The van der Waals surface area contributed by atoms with E-state index in [1.807, 2.05) is 0 Å². The molecular formula is C14H9F3N4O. The number of rotatable bonds is 2. The van der Waals surface area contributed by atoms with E-state index in [1.54, 1.807) is 18.2 Å². The lowest BCUT2D eigenvalue weighted by molar-refractivity contribution is -0.137. The highest BCUT2D eigenvalue weighted by molar-refractivity contribution is 5.66. The molecule has 0 spiro atoms. The third-order valence-electron chi connectivity index (χ3n) is 2.97. The minimum Gasteiger partial charge on any atom is -0.507 e. The number of aromatic nitrogens is 4. The number of nitrogens with one attached hydrogen (secondary N) is 1. The van der Waals surface area contributed by atoms with Crippen LogP contribution in [0.25, 0.3) is 22.9 Å². The molecule has 2 aromatic heterocycles. The van der Waals surface area contributed by atoms with Gasteiger partial charge in [0.15, 0.2) is 11.6 Å². The molecule has 0 aliphatic heterocycles. The van der Waals surface area contributed by atoms with Crippen molar-refractivity contribution in [2.24, 2.45) is 0 Å². The van der Waals surface area contributed by atoms with Gasteiger partial charge in [-0.3, -0.25) is 10.1 Å². The third-order valence-corrected chi connectivity index (χ3v) is 2.97. The van der Waals surface area contributed by atoms with Crippen LogP contribution in [0, 0.1) is 0 Å². The number of nitrogens with zero attached hydrogens (tertiary/aromatic N) is 3. The molecule has 5 nitrogen and oxygen atoms in total. The second kappa shape index (κ2) is 5.14. The Hall–Kier alpha value is -2.90. The summed E-state index contributed by atoms with van der Waals surface area (Å²) >= 11 is 0. The lowest BCUT2D eigenvalue weighted by atomic mass is 10.1. The lowest BCUT2D eigenvalue weighted by Crippen LogP contribution is -2.08. The fourth-order valence-corrected chi connectivity index (χ4v) is 1.97. The Balaban J connectivity index is 2.08. The van der Waals surface area contributed by atoms with Gasteiger partial charge in [0.2, 0.25) is 0 Å². The van der Waals surface area contributed by atoms with E-state index in [9.17, 15) is 18.3 Å². The number of alkyl halides is 3. The largest absolute Gasteiger partial charge is 0.507 e. The molecule has 2 N–H and O–H groups in total. The number of phenolic OH excluding ortho intramolecular Hbond substituents is 1.